The summed E-state index contributed by atoms with van der Waals surface area (Å²) in [4.78, 5) is 10.4. The van der Waals surface area contributed by atoms with Crippen LogP contribution in [0.25, 0.3) is 11.3 Å². The fraction of sp³-hybridized carbons (Fsp3) is 0.286. The Kier molecular flexibility index (Phi) is 5.51. The van der Waals surface area contributed by atoms with Crippen LogP contribution < -0.4 is 4.90 Å². The zero-order chi connectivity index (χ0) is 17.6. The molecule has 0 amide bonds. The maximum absolute atomic E-state index is 5.81. The molecule has 0 saturated heterocycles. The monoisotopic (exact) mass is 335 g/mol. The molecule has 4 heteroatoms. The Hall–Kier alpha value is -2.59. The molecule has 3 aromatic rings. The van der Waals surface area contributed by atoms with Crippen molar-refractivity contribution in [2.24, 2.45) is 0 Å². The van der Waals surface area contributed by atoms with Crippen LogP contribution in [0.1, 0.15) is 25.1 Å². The molecule has 0 aliphatic carbocycles. The van der Waals surface area contributed by atoms with Gasteiger partial charge in [0.1, 0.15) is 0 Å². The molecular weight excluding hydrogens is 310 g/mol. The Morgan fingerprint density at radius 1 is 1.00 bits per heavy atom. The third kappa shape index (κ3) is 4.48. The van der Waals surface area contributed by atoms with E-state index in [2.05, 4.69) is 46.3 Å². The highest BCUT2D eigenvalue weighted by Crippen LogP contribution is 2.26. The van der Waals surface area contributed by atoms with Crippen LogP contribution in [0.2, 0.25) is 0 Å². The second kappa shape index (κ2) is 7.99. The molecule has 1 N–H and O–H groups in total. The van der Waals surface area contributed by atoms with Crippen molar-refractivity contribution in [3.63, 3.8) is 0 Å². The van der Waals surface area contributed by atoms with Gasteiger partial charge in [0.05, 0.1) is 24.1 Å². The first kappa shape index (κ1) is 17.2. The first-order chi connectivity index (χ1) is 12.1. The van der Waals surface area contributed by atoms with Crippen LogP contribution >= 0.6 is 0 Å². The predicted molar refractivity (Wildman–Crippen MR) is 102 cm³/mol. The van der Waals surface area contributed by atoms with Gasteiger partial charge in [-0.25, -0.2) is 4.98 Å². The minimum absolute atomic E-state index is 0.178. The first-order valence-corrected chi connectivity index (χ1v) is 8.64. The zero-order valence-electron chi connectivity index (χ0n) is 15.1. The van der Waals surface area contributed by atoms with Crippen molar-refractivity contribution in [3.8, 4) is 11.3 Å². The lowest BCUT2D eigenvalue weighted by Crippen LogP contribution is -2.17. The predicted octanol–water partition coefficient (Wildman–Crippen LogP) is 4.64. The van der Waals surface area contributed by atoms with Crippen LogP contribution in [0, 0.1) is 0 Å². The molecule has 1 heterocycles. The van der Waals surface area contributed by atoms with E-state index in [-0.39, 0.29) is 6.10 Å². The number of anilines is 1. The Labute approximate surface area is 149 Å². The van der Waals surface area contributed by atoms with E-state index in [1.807, 2.05) is 45.2 Å². The number of H-pyrrole nitrogens is 1. The van der Waals surface area contributed by atoms with Crippen LogP contribution in [-0.2, 0) is 17.9 Å². The summed E-state index contributed by atoms with van der Waals surface area (Å²) in [5.74, 6) is 0.852. The molecule has 0 unspecified atom stereocenters. The van der Waals surface area contributed by atoms with Gasteiger partial charge in [0.2, 0.25) is 5.95 Å². The molecule has 0 bridgehead atoms. The minimum Gasteiger partial charge on any atom is -0.373 e. The molecule has 0 atom stereocenters. The van der Waals surface area contributed by atoms with E-state index < -0.39 is 0 Å². The van der Waals surface area contributed by atoms with Crippen molar-refractivity contribution in [2.75, 3.05) is 11.9 Å². The van der Waals surface area contributed by atoms with Crippen LogP contribution in [0.5, 0.6) is 0 Å². The van der Waals surface area contributed by atoms with Crippen molar-refractivity contribution >= 4 is 5.95 Å². The summed E-state index contributed by atoms with van der Waals surface area (Å²) >= 11 is 0. The number of nitrogens with one attached hydrogen (secondary N) is 1. The summed E-state index contributed by atoms with van der Waals surface area (Å²) in [6.45, 7) is 5.41. The van der Waals surface area contributed by atoms with Crippen molar-refractivity contribution < 1.29 is 4.74 Å². The molecule has 0 aliphatic heterocycles. The molecule has 0 saturated carbocycles. The van der Waals surface area contributed by atoms with Gasteiger partial charge < -0.3 is 14.6 Å². The number of hydrogen-bond acceptors (Lipinski definition) is 3. The summed E-state index contributed by atoms with van der Waals surface area (Å²) in [7, 11) is 2.05. The van der Waals surface area contributed by atoms with Crippen LogP contribution in [0.15, 0.2) is 60.7 Å². The molecule has 2 aromatic carbocycles. The van der Waals surface area contributed by atoms with Crippen LogP contribution in [0.4, 0.5) is 5.95 Å². The summed E-state index contributed by atoms with van der Waals surface area (Å²) in [5.41, 5.74) is 4.31. The number of nitrogens with zero attached hydrogens (tertiary/aromatic N) is 2. The fourth-order valence-corrected chi connectivity index (χ4v) is 2.70. The highest BCUT2D eigenvalue weighted by molar-refractivity contribution is 5.64. The Balaban J connectivity index is 1.87. The van der Waals surface area contributed by atoms with Crippen molar-refractivity contribution in [2.45, 2.75) is 33.1 Å². The van der Waals surface area contributed by atoms with Gasteiger partial charge in [0, 0.05) is 19.2 Å². The van der Waals surface area contributed by atoms with Gasteiger partial charge in [-0.3, -0.25) is 0 Å². The van der Waals surface area contributed by atoms with Gasteiger partial charge in [-0.2, -0.15) is 0 Å². The third-order valence-electron chi connectivity index (χ3n) is 4.00. The van der Waals surface area contributed by atoms with E-state index in [1.165, 1.54) is 5.56 Å². The quantitative estimate of drug-likeness (QED) is 0.684. The minimum atomic E-state index is 0.178. The second-order valence-electron chi connectivity index (χ2n) is 6.46. The fourth-order valence-electron chi connectivity index (χ4n) is 2.70. The molecule has 3 rings (SSSR count). The number of hydrogen-bond donors (Lipinski definition) is 1. The van der Waals surface area contributed by atoms with Crippen molar-refractivity contribution in [1.82, 2.24) is 9.97 Å². The highest BCUT2D eigenvalue weighted by atomic mass is 16.5. The Morgan fingerprint density at radius 2 is 1.64 bits per heavy atom. The van der Waals surface area contributed by atoms with E-state index in [0.717, 1.165) is 29.4 Å². The van der Waals surface area contributed by atoms with Crippen LogP contribution in [0.3, 0.4) is 0 Å². The van der Waals surface area contributed by atoms with Gasteiger partial charge in [-0.1, -0.05) is 60.7 Å². The van der Waals surface area contributed by atoms with Gasteiger partial charge in [0.15, 0.2) is 0 Å². The lowest BCUT2D eigenvalue weighted by Gasteiger charge is -2.15. The number of aromatic amines is 1. The molecule has 0 fully saturated rings. The van der Waals surface area contributed by atoms with E-state index >= 15 is 0 Å². The average Bonchev–Trinajstić information content (AvgIpc) is 3.06. The van der Waals surface area contributed by atoms with Crippen molar-refractivity contribution in [1.29, 1.82) is 0 Å². The molecule has 130 valence electrons. The topological polar surface area (TPSA) is 41.1 Å². The highest BCUT2D eigenvalue weighted by Gasteiger charge is 2.15. The first-order valence-electron chi connectivity index (χ1n) is 8.64. The maximum atomic E-state index is 5.81. The summed E-state index contributed by atoms with van der Waals surface area (Å²) in [5, 5.41) is 0. The SMILES string of the molecule is CC(C)OCc1[nH]c(N(C)Cc2ccccc2)nc1-c1ccccc1. The number of aromatic nitrogens is 2. The van der Waals surface area contributed by atoms with E-state index in [0.29, 0.717) is 6.61 Å². The standard InChI is InChI=1S/C21H25N3O/c1-16(2)25-15-19-20(18-12-8-5-9-13-18)23-21(22-19)24(3)14-17-10-6-4-7-11-17/h4-13,16H,14-15H2,1-3H3,(H,22,23). The molecule has 0 spiro atoms. The van der Waals surface area contributed by atoms with Gasteiger partial charge in [0.25, 0.3) is 0 Å². The lowest BCUT2D eigenvalue weighted by molar-refractivity contribution is 0.0641. The lowest BCUT2D eigenvalue weighted by atomic mass is 10.1. The summed E-state index contributed by atoms with van der Waals surface area (Å²) in [6.07, 6.45) is 0.178. The smallest absolute Gasteiger partial charge is 0.203 e. The van der Waals surface area contributed by atoms with Gasteiger partial charge in [-0.05, 0) is 19.4 Å². The van der Waals surface area contributed by atoms with Crippen molar-refractivity contribution in [3.05, 3.63) is 71.9 Å². The molecule has 1 aromatic heterocycles. The van der Waals surface area contributed by atoms with Gasteiger partial charge >= 0.3 is 0 Å². The molecule has 0 radical (unpaired) electrons. The second-order valence-corrected chi connectivity index (χ2v) is 6.46. The Bertz CT molecular complexity index is 781. The average molecular weight is 335 g/mol. The molecular formula is C21H25N3O. The van der Waals surface area contributed by atoms with E-state index in [4.69, 9.17) is 9.72 Å². The van der Waals surface area contributed by atoms with Crippen LogP contribution in [-0.4, -0.2) is 23.1 Å². The maximum Gasteiger partial charge on any atom is 0.203 e. The van der Waals surface area contributed by atoms with E-state index in [1.54, 1.807) is 0 Å². The summed E-state index contributed by atoms with van der Waals surface area (Å²) in [6, 6.07) is 20.6. The number of rotatable bonds is 7. The number of imidazole rings is 1. The van der Waals surface area contributed by atoms with E-state index in [9.17, 15) is 0 Å². The normalized spacial score (nSPS) is 11.0. The third-order valence-corrected chi connectivity index (χ3v) is 4.00. The number of ether oxygens (including phenoxy) is 1. The molecule has 4 nitrogen and oxygen atoms in total. The van der Waals surface area contributed by atoms with Gasteiger partial charge in [-0.15, -0.1) is 0 Å². The summed E-state index contributed by atoms with van der Waals surface area (Å²) < 4.78 is 5.81. The number of benzene rings is 2. The zero-order valence-corrected chi connectivity index (χ0v) is 15.1. The molecule has 0 aliphatic rings. The molecule has 25 heavy (non-hydrogen) atoms. The Morgan fingerprint density at radius 3 is 2.28 bits per heavy atom. The largest absolute Gasteiger partial charge is 0.373 e.